The van der Waals surface area contributed by atoms with Crippen LogP contribution in [0.3, 0.4) is 0 Å². The summed E-state index contributed by atoms with van der Waals surface area (Å²) in [5, 5.41) is 9.55. The number of nitrogens with zero attached hydrogens (tertiary/aromatic N) is 2. The van der Waals surface area contributed by atoms with Crippen molar-refractivity contribution in [1.29, 1.82) is 0 Å². The number of benzene rings is 1. The summed E-state index contributed by atoms with van der Waals surface area (Å²) in [5.41, 5.74) is 1.87. The molecule has 0 fully saturated rings. The highest BCUT2D eigenvalue weighted by Gasteiger charge is 2.18. The van der Waals surface area contributed by atoms with Crippen LogP contribution in [0, 0.1) is 0 Å². The van der Waals surface area contributed by atoms with Crippen LogP contribution in [0.4, 0.5) is 11.5 Å². The largest absolute Gasteiger partial charge is 0.491 e. The quantitative estimate of drug-likeness (QED) is 0.911. The summed E-state index contributed by atoms with van der Waals surface area (Å²) >= 11 is 0. The van der Waals surface area contributed by atoms with Crippen LogP contribution in [0.15, 0.2) is 42.6 Å². The van der Waals surface area contributed by atoms with Crippen LogP contribution in [0.1, 0.15) is 25.0 Å². The summed E-state index contributed by atoms with van der Waals surface area (Å²) in [4.78, 5) is 6.64. The summed E-state index contributed by atoms with van der Waals surface area (Å²) in [7, 11) is 0. The van der Waals surface area contributed by atoms with E-state index in [4.69, 9.17) is 4.74 Å². The molecule has 0 unspecified atom stereocenters. The maximum absolute atomic E-state index is 9.55. The molecule has 104 valence electrons. The molecule has 1 N–H and O–H groups in total. The molecule has 1 aromatic heterocycles. The van der Waals surface area contributed by atoms with E-state index in [0.717, 1.165) is 42.4 Å². The van der Waals surface area contributed by atoms with Gasteiger partial charge in [0.2, 0.25) is 0 Å². The molecule has 2 aromatic rings. The molecule has 20 heavy (non-hydrogen) atoms. The molecular formula is C16H18N2O2. The van der Waals surface area contributed by atoms with Gasteiger partial charge in [0.25, 0.3) is 0 Å². The Hall–Kier alpha value is -2.07. The Bertz CT molecular complexity index is 581. The average molecular weight is 270 g/mol. The summed E-state index contributed by atoms with van der Waals surface area (Å²) in [6, 6.07) is 11.9. The molecule has 0 bridgehead atoms. The summed E-state index contributed by atoms with van der Waals surface area (Å²) in [5.74, 6) is 1.78. The molecule has 1 aliphatic rings. The van der Waals surface area contributed by atoms with Crippen LogP contribution < -0.4 is 9.64 Å². The number of aliphatic hydroxyl groups excluding tert-OH is 1. The number of hydrogen-bond acceptors (Lipinski definition) is 4. The summed E-state index contributed by atoms with van der Waals surface area (Å²) in [6.07, 6.45) is 2.19. The third-order valence-corrected chi connectivity index (χ3v) is 3.47. The summed E-state index contributed by atoms with van der Waals surface area (Å²) < 4.78 is 5.75. The predicted octanol–water partition coefficient (Wildman–Crippen LogP) is 3.06. The first-order valence-corrected chi connectivity index (χ1v) is 6.89. The van der Waals surface area contributed by atoms with Crippen LogP contribution in [0.25, 0.3) is 0 Å². The highest BCUT2D eigenvalue weighted by Crippen LogP contribution is 2.34. The lowest BCUT2D eigenvalue weighted by Gasteiger charge is -2.23. The zero-order chi connectivity index (χ0) is 13.9. The minimum absolute atomic E-state index is 0.490. The lowest BCUT2D eigenvalue weighted by atomic mass is 10.2. The van der Waals surface area contributed by atoms with Crippen molar-refractivity contribution in [3.05, 3.63) is 48.2 Å². The van der Waals surface area contributed by atoms with Crippen LogP contribution in [-0.2, 0) is 0 Å². The van der Waals surface area contributed by atoms with Gasteiger partial charge in [-0.25, -0.2) is 4.98 Å². The fourth-order valence-electron chi connectivity index (χ4n) is 2.37. The van der Waals surface area contributed by atoms with Crippen molar-refractivity contribution in [3.8, 4) is 5.75 Å². The molecule has 0 saturated heterocycles. The highest BCUT2D eigenvalue weighted by molar-refractivity contribution is 5.67. The van der Waals surface area contributed by atoms with Crippen LogP contribution in [0.2, 0.25) is 0 Å². The first-order chi connectivity index (χ1) is 9.75. The Labute approximate surface area is 118 Å². The van der Waals surface area contributed by atoms with E-state index in [1.54, 1.807) is 13.1 Å². The third-order valence-electron chi connectivity index (χ3n) is 3.47. The number of para-hydroxylation sites is 2. The fourth-order valence-corrected chi connectivity index (χ4v) is 2.37. The standard InChI is InChI=1S/C16H18N2O2/c1-12(19)13-7-8-16(17-11-13)18-9-4-10-20-15-6-3-2-5-14(15)18/h2-3,5-8,11-12,19H,4,9-10H2,1H3/t12-/m0/s1. The number of ether oxygens (including phenoxy) is 1. The Morgan fingerprint density at radius 3 is 2.85 bits per heavy atom. The molecule has 3 rings (SSSR count). The molecule has 0 aliphatic carbocycles. The molecule has 4 nitrogen and oxygen atoms in total. The van der Waals surface area contributed by atoms with Crippen molar-refractivity contribution in [3.63, 3.8) is 0 Å². The van der Waals surface area contributed by atoms with Crippen molar-refractivity contribution >= 4 is 11.5 Å². The van der Waals surface area contributed by atoms with Gasteiger partial charge in [-0.3, -0.25) is 0 Å². The van der Waals surface area contributed by atoms with E-state index in [-0.39, 0.29) is 0 Å². The highest BCUT2D eigenvalue weighted by atomic mass is 16.5. The minimum Gasteiger partial charge on any atom is -0.491 e. The third kappa shape index (κ3) is 2.47. The average Bonchev–Trinajstić information content (AvgIpc) is 2.69. The van der Waals surface area contributed by atoms with Gasteiger partial charge < -0.3 is 14.7 Å². The maximum Gasteiger partial charge on any atom is 0.142 e. The maximum atomic E-state index is 9.55. The van der Waals surface area contributed by atoms with E-state index in [2.05, 4.69) is 9.88 Å². The van der Waals surface area contributed by atoms with E-state index in [1.807, 2.05) is 36.4 Å². The number of hydrogen-bond donors (Lipinski definition) is 1. The molecule has 0 spiro atoms. The molecule has 1 aromatic carbocycles. The number of aromatic nitrogens is 1. The van der Waals surface area contributed by atoms with Crippen LogP contribution in [0.5, 0.6) is 5.75 Å². The zero-order valence-corrected chi connectivity index (χ0v) is 11.5. The van der Waals surface area contributed by atoms with Crippen LogP contribution in [-0.4, -0.2) is 23.2 Å². The van der Waals surface area contributed by atoms with E-state index < -0.39 is 6.10 Å². The second-order valence-electron chi connectivity index (χ2n) is 4.95. The molecule has 2 heterocycles. The fraction of sp³-hybridized carbons (Fsp3) is 0.312. The predicted molar refractivity (Wildman–Crippen MR) is 78.4 cm³/mol. The second kappa shape index (κ2) is 5.51. The van der Waals surface area contributed by atoms with Crippen molar-refractivity contribution in [2.75, 3.05) is 18.1 Å². The van der Waals surface area contributed by atoms with Gasteiger partial charge >= 0.3 is 0 Å². The smallest absolute Gasteiger partial charge is 0.142 e. The van der Waals surface area contributed by atoms with E-state index in [0.29, 0.717) is 0 Å². The van der Waals surface area contributed by atoms with Gasteiger partial charge in [0.1, 0.15) is 11.6 Å². The molecule has 1 aliphatic heterocycles. The van der Waals surface area contributed by atoms with Crippen molar-refractivity contribution < 1.29 is 9.84 Å². The summed E-state index contributed by atoms with van der Waals surface area (Å²) in [6.45, 7) is 3.34. The Morgan fingerprint density at radius 2 is 2.10 bits per heavy atom. The number of fused-ring (bicyclic) bond motifs is 1. The van der Waals surface area contributed by atoms with Gasteiger partial charge in [0.15, 0.2) is 0 Å². The lowest BCUT2D eigenvalue weighted by Crippen LogP contribution is -2.18. The van der Waals surface area contributed by atoms with Gasteiger partial charge in [-0.2, -0.15) is 0 Å². The van der Waals surface area contributed by atoms with Gasteiger partial charge in [-0.05, 0) is 37.1 Å². The molecule has 0 saturated carbocycles. The molecule has 4 heteroatoms. The number of rotatable bonds is 2. The van der Waals surface area contributed by atoms with Gasteiger partial charge in [-0.15, -0.1) is 0 Å². The van der Waals surface area contributed by atoms with E-state index in [9.17, 15) is 5.11 Å². The Kier molecular flexibility index (Phi) is 3.56. The molecule has 0 radical (unpaired) electrons. The number of pyridine rings is 1. The van der Waals surface area contributed by atoms with Gasteiger partial charge in [0, 0.05) is 12.7 Å². The zero-order valence-electron chi connectivity index (χ0n) is 11.5. The van der Waals surface area contributed by atoms with E-state index >= 15 is 0 Å². The molecule has 0 amide bonds. The Balaban J connectivity index is 1.97. The first kappa shape index (κ1) is 12.9. The molecule has 1 atom stereocenters. The number of anilines is 2. The minimum atomic E-state index is -0.490. The monoisotopic (exact) mass is 270 g/mol. The SMILES string of the molecule is C[C@H](O)c1ccc(N2CCCOc3ccccc32)nc1. The molecular weight excluding hydrogens is 252 g/mol. The van der Waals surface area contributed by atoms with Gasteiger partial charge in [-0.1, -0.05) is 18.2 Å². The number of aliphatic hydroxyl groups is 1. The normalized spacial score (nSPS) is 16.0. The van der Waals surface area contributed by atoms with Crippen molar-refractivity contribution in [1.82, 2.24) is 4.98 Å². The second-order valence-corrected chi connectivity index (χ2v) is 4.95. The van der Waals surface area contributed by atoms with E-state index in [1.165, 1.54) is 0 Å². The van der Waals surface area contributed by atoms with Crippen molar-refractivity contribution in [2.45, 2.75) is 19.4 Å². The first-order valence-electron chi connectivity index (χ1n) is 6.89. The Morgan fingerprint density at radius 1 is 1.25 bits per heavy atom. The van der Waals surface area contributed by atoms with Crippen LogP contribution >= 0.6 is 0 Å². The lowest BCUT2D eigenvalue weighted by molar-refractivity contribution is 0.199. The van der Waals surface area contributed by atoms with Crippen molar-refractivity contribution in [2.24, 2.45) is 0 Å². The van der Waals surface area contributed by atoms with Gasteiger partial charge in [0.05, 0.1) is 18.4 Å². The topological polar surface area (TPSA) is 45.6 Å².